The van der Waals surface area contributed by atoms with Gasteiger partial charge in [0.25, 0.3) is 5.56 Å². The molecular weight excluding hydrogens is 479 g/mol. The van der Waals surface area contributed by atoms with Gasteiger partial charge in [0.1, 0.15) is 12.9 Å². The Balaban J connectivity index is 1.72. The first-order valence-electron chi connectivity index (χ1n) is 10.9. The first-order valence-corrected chi connectivity index (χ1v) is 12.0. The largest absolute Gasteiger partial charge is 0.449 e. The monoisotopic (exact) mass is 502 g/mol. The van der Waals surface area contributed by atoms with Crippen LogP contribution in [0.15, 0.2) is 50.9 Å². The van der Waals surface area contributed by atoms with Gasteiger partial charge in [-0.15, -0.1) is 0 Å². The van der Waals surface area contributed by atoms with Crippen LogP contribution < -0.4 is 15.6 Å². The van der Waals surface area contributed by atoms with Crippen molar-refractivity contribution in [3.05, 3.63) is 74.8 Å². The van der Waals surface area contributed by atoms with E-state index in [2.05, 4.69) is 10.1 Å². The van der Waals surface area contributed by atoms with Crippen LogP contribution >= 0.6 is 0 Å². The van der Waals surface area contributed by atoms with E-state index >= 15 is 0 Å². The van der Waals surface area contributed by atoms with Gasteiger partial charge in [-0.2, -0.15) is 5.10 Å². The Morgan fingerprint density at radius 2 is 1.97 bits per heavy atom. The molecule has 0 spiro atoms. The Morgan fingerprint density at radius 1 is 1.20 bits per heavy atom. The number of fused-ring (bicyclic) bond motifs is 1. The van der Waals surface area contributed by atoms with Crippen LogP contribution in [0.5, 0.6) is 0 Å². The number of alkyl halides is 1. The Kier molecular flexibility index (Phi) is 5.58. The van der Waals surface area contributed by atoms with E-state index in [1.165, 1.54) is 29.0 Å². The first-order chi connectivity index (χ1) is 16.7. The van der Waals surface area contributed by atoms with Crippen LogP contribution in [0.2, 0.25) is 0 Å². The predicted octanol–water partition coefficient (Wildman–Crippen LogP) is 1.12. The van der Waals surface area contributed by atoms with Crippen molar-refractivity contribution in [2.45, 2.75) is 38.4 Å². The van der Waals surface area contributed by atoms with Crippen molar-refractivity contribution in [3.8, 4) is 0 Å². The van der Waals surface area contributed by atoms with Crippen molar-refractivity contribution < 1.29 is 17.2 Å². The van der Waals surface area contributed by atoms with Gasteiger partial charge in [-0.3, -0.25) is 22.9 Å². The number of hydrogen-bond donors (Lipinski definition) is 1. The zero-order valence-electron chi connectivity index (χ0n) is 19.0. The second kappa shape index (κ2) is 8.48. The van der Waals surface area contributed by atoms with E-state index in [9.17, 15) is 22.4 Å². The summed E-state index contributed by atoms with van der Waals surface area (Å²) in [5.74, 6) is 0.430. The molecule has 3 aromatic heterocycles. The van der Waals surface area contributed by atoms with Crippen molar-refractivity contribution in [1.82, 2.24) is 23.9 Å². The lowest BCUT2D eigenvalue weighted by atomic mass is 10.2. The molecular formula is C22H23FN6O5S. The molecule has 4 aromatic rings. The standard InChI is InChI=1S/C22H23FN6O5S/c1-14-25-16(12-34-14)11-27-19-4-3-17(29(35(32)33)22(13-23)5-6-22)7-18(19)20(30)28(21(27)31)10-15-8-24-26(2)9-15/h3-4,7-9,12,35H,5-6,10-11,13H2,1-2H3. The number of hydrogen-bond acceptors (Lipinski definition) is 7. The van der Waals surface area contributed by atoms with Gasteiger partial charge in [0, 0.05) is 25.7 Å². The van der Waals surface area contributed by atoms with Crippen molar-refractivity contribution in [3.63, 3.8) is 0 Å². The Labute approximate surface area is 200 Å². The highest BCUT2D eigenvalue weighted by Gasteiger charge is 2.50. The summed E-state index contributed by atoms with van der Waals surface area (Å²) in [7, 11) is -1.43. The molecule has 11 nitrogen and oxygen atoms in total. The summed E-state index contributed by atoms with van der Waals surface area (Å²) in [5, 5.41) is 4.22. The van der Waals surface area contributed by atoms with Crippen molar-refractivity contribution in [2.24, 2.45) is 7.05 Å². The molecule has 0 amide bonds. The third kappa shape index (κ3) is 4.05. The summed E-state index contributed by atoms with van der Waals surface area (Å²) in [4.78, 5) is 31.2. The summed E-state index contributed by atoms with van der Waals surface area (Å²) >= 11 is 0. The minimum atomic E-state index is -3.15. The fourth-order valence-electron chi connectivity index (χ4n) is 4.30. The van der Waals surface area contributed by atoms with Gasteiger partial charge in [0.15, 0.2) is 5.89 Å². The molecule has 3 heterocycles. The summed E-state index contributed by atoms with van der Waals surface area (Å²) in [6.07, 6.45) is 5.46. The number of thiol groups is 1. The van der Waals surface area contributed by atoms with Crippen LogP contribution in [0, 0.1) is 6.92 Å². The number of aryl methyl sites for hydroxylation is 2. The molecule has 0 saturated heterocycles. The summed E-state index contributed by atoms with van der Waals surface area (Å²) in [6, 6.07) is 4.40. The van der Waals surface area contributed by atoms with Gasteiger partial charge < -0.3 is 4.42 Å². The van der Waals surface area contributed by atoms with E-state index in [1.807, 2.05) is 0 Å². The van der Waals surface area contributed by atoms with Crippen LogP contribution in [0.3, 0.4) is 0 Å². The Bertz CT molecular complexity index is 1620. The molecule has 0 radical (unpaired) electrons. The Morgan fingerprint density at radius 3 is 2.54 bits per heavy atom. The lowest BCUT2D eigenvalue weighted by Crippen LogP contribution is -2.41. The SMILES string of the molecule is Cc1nc(Cn2c(=O)n(Cc3cnn(C)c3)c(=O)c3cc(N([SH](=O)=O)C4(CF)CC4)ccc32)co1. The average molecular weight is 503 g/mol. The molecule has 1 aliphatic rings. The molecule has 1 saturated carbocycles. The van der Waals surface area contributed by atoms with E-state index in [0.29, 0.717) is 35.5 Å². The highest BCUT2D eigenvalue weighted by Crippen LogP contribution is 2.45. The number of aromatic nitrogens is 5. The number of nitrogens with zero attached hydrogens (tertiary/aromatic N) is 6. The molecule has 0 unspecified atom stereocenters. The van der Waals surface area contributed by atoms with Gasteiger partial charge in [-0.1, -0.05) is 0 Å². The van der Waals surface area contributed by atoms with Gasteiger partial charge in [0.2, 0.25) is 10.9 Å². The lowest BCUT2D eigenvalue weighted by Gasteiger charge is -2.26. The van der Waals surface area contributed by atoms with E-state index in [0.717, 1.165) is 8.87 Å². The van der Waals surface area contributed by atoms with E-state index < -0.39 is 34.4 Å². The minimum Gasteiger partial charge on any atom is -0.449 e. The molecule has 184 valence electrons. The maximum absolute atomic E-state index is 13.7. The molecule has 0 N–H and O–H groups in total. The molecule has 35 heavy (non-hydrogen) atoms. The number of halogens is 1. The molecule has 13 heteroatoms. The zero-order chi connectivity index (χ0) is 24.9. The third-order valence-electron chi connectivity index (χ3n) is 6.23. The molecule has 1 aliphatic carbocycles. The maximum atomic E-state index is 13.7. The molecule has 1 fully saturated rings. The fourth-order valence-corrected chi connectivity index (χ4v) is 5.22. The van der Waals surface area contributed by atoms with Crippen molar-refractivity contribution >= 4 is 27.5 Å². The number of rotatable bonds is 8. The second-order valence-electron chi connectivity index (χ2n) is 8.75. The van der Waals surface area contributed by atoms with Crippen LogP contribution in [0.1, 0.15) is 30.0 Å². The molecule has 1 aromatic carbocycles. The van der Waals surface area contributed by atoms with E-state index in [-0.39, 0.29) is 24.2 Å². The number of anilines is 1. The van der Waals surface area contributed by atoms with Crippen molar-refractivity contribution in [1.29, 1.82) is 0 Å². The predicted molar refractivity (Wildman–Crippen MR) is 126 cm³/mol. The quantitative estimate of drug-likeness (QED) is 0.358. The van der Waals surface area contributed by atoms with Crippen molar-refractivity contribution in [2.75, 3.05) is 11.0 Å². The van der Waals surface area contributed by atoms with Crippen LogP contribution in [0.4, 0.5) is 10.1 Å². The zero-order valence-corrected chi connectivity index (χ0v) is 19.9. The van der Waals surface area contributed by atoms with Crippen LogP contribution in [-0.2, 0) is 31.0 Å². The Hall–Kier alpha value is -3.74. The van der Waals surface area contributed by atoms with Crippen LogP contribution in [0.25, 0.3) is 10.9 Å². The second-order valence-corrected chi connectivity index (χ2v) is 9.62. The summed E-state index contributed by atoms with van der Waals surface area (Å²) in [6.45, 7) is 0.854. The number of oxazole rings is 1. The topological polar surface area (TPSA) is 125 Å². The molecule has 0 aliphatic heterocycles. The van der Waals surface area contributed by atoms with Crippen LogP contribution in [-0.4, -0.2) is 44.5 Å². The highest BCUT2D eigenvalue weighted by atomic mass is 32.2. The fraction of sp³-hybridized carbons (Fsp3) is 0.364. The van der Waals surface area contributed by atoms with Gasteiger partial charge in [0.05, 0.1) is 47.1 Å². The average Bonchev–Trinajstić information content (AvgIpc) is 3.31. The molecule has 0 atom stereocenters. The highest BCUT2D eigenvalue weighted by molar-refractivity contribution is 7.74. The summed E-state index contributed by atoms with van der Waals surface area (Å²) in [5.41, 5.74) is -0.660. The number of benzene rings is 1. The summed E-state index contributed by atoms with van der Waals surface area (Å²) < 4.78 is 48.2. The molecule has 0 bridgehead atoms. The van der Waals surface area contributed by atoms with Gasteiger partial charge >= 0.3 is 5.69 Å². The maximum Gasteiger partial charge on any atom is 0.332 e. The smallest absolute Gasteiger partial charge is 0.332 e. The van der Waals surface area contributed by atoms with Gasteiger partial charge in [-0.05, 0) is 31.0 Å². The van der Waals surface area contributed by atoms with E-state index in [1.54, 1.807) is 31.0 Å². The van der Waals surface area contributed by atoms with Gasteiger partial charge in [-0.25, -0.2) is 22.6 Å². The first kappa shape index (κ1) is 23.0. The van der Waals surface area contributed by atoms with E-state index in [4.69, 9.17) is 4.42 Å². The normalized spacial score (nSPS) is 14.6. The molecule has 5 rings (SSSR count). The minimum absolute atomic E-state index is 0.0303. The third-order valence-corrected chi connectivity index (χ3v) is 7.21. The lowest BCUT2D eigenvalue weighted by molar-refractivity contribution is 0.417.